The van der Waals surface area contributed by atoms with E-state index < -0.39 is 0 Å². The molecule has 0 aliphatic rings. The maximum absolute atomic E-state index is 11.3. The molecule has 1 rings (SSSR count). The summed E-state index contributed by atoms with van der Waals surface area (Å²) in [6, 6.07) is 6.44. The van der Waals surface area contributed by atoms with Gasteiger partial charge < -0.3 is 5.32 Å². The van der Waals surface area contributed by atoms with Gasteiger partial charge in [0.2, 0.25) is 5.91 Å². The average molecular weight is 290 g/mol. The summed E-state index contributed by atoms with van der Waals surface area (Å²) < 4.78 is 0. The minimum Gasteiger partial charge on any atom is -0.326 e. The lowest BCUT2D eigenvalue weighted by molar-refractivity contribution is -0.114. The summed E-state index contributed by atoms with van der Waals surface area (Å²) in [6.45, 7) is 15.6. The summed E-state index contributed by atoms with van der Waals surface area (Å²) in [7, 11) is 0. The molecule has 0 spiro atoms. The molecule has 1 amide bonds. The molecule has 0 aromatic heterocycles. The van der Waals surface area contributed by atoms with Crippen LogP contribution in [0.5, 0.6) is 0 Å². The lowest BCUT2D eigenvalue weighted by Crippen LogP contribution is -2.24. The highest BCUT2D eigenvalue weighted by atomic mass is 16.1. The maximum atomic E-state index is 11.3. The lowest BCUT2D eigenvalue weighted by Gasteiger charge is -2.24. The molecule has 0 bridgehead atoms. The van der Waals surface area contributed by atoms with Crippen molar-refractivity contribution in [3.05, 3.63) is 29.3 Å². The summed E-state index contributed by atoms with van der Waals surface area (Å²) in [5.41, 5.74) is 3.50. The van der Waals surface area contributed by atoms with Crippen LogP contribution in [0.3, 0.4) is 0 Å². The van der Waals surface area contributed by atoms with Gasteiger partial charge in [-0.3, -0.25) is 9.69 Å². The SMILES string of the molecule is CCCN(CC)Cc1cc(NC(C)=O)cc(C(C)(C)C)c1. The first kappa shape index (κ1) is 17.7. The molecule has 0 unspecified atom stereocenters. The molecule has 0 saturated heterocycles. The van der Waals surface area contributed by atoms with Crippen molar-refractivity contribution in [2.75, 3.05) is 18.4 Å². The molecule has 21 heavy (non-hydrogen) atoms. The smallest absolute Gasteiger partial charge is 0.221 e. The third kappa shape index (κ3) is 5.88. The first-order chi connectivity index (χ1) is 9.76. The van der Waals surface area contributed by atoms with Crippen molar-refractivity contribution < 1.29 is 4.79 Å². The standard InChI is InChI=1S/C18H30N2O/c1-7-9-20(8-2)13-15-10-16(18(4,5)6)12-17(11-15)19-14(3)21/h10-12H,7-9,13H2,1-6H3,(H,19,21). The van der Waals surface area contributed by atoms with Crippen LogP contribution < -0.4 is 5.32 Å². The number of carbonyl (C=O) groups excluding carboxylic acids is 1. The fraction of sp³-hybridized carbons (Fsp3) is 0.611. The number of hydrogen-bond acceptors (Lipinski definition) is 2. The summed E-state index contributed by atoms with van der Waals surface area (Å²) in [6.07, 6.45) is 1.16. The first-order valence-electron chi connectivity index (χ1n) is 7.90. The highest BCUT2D eigenvalue weighted by molar-refractivity contribution is 5.88. The van der Waals surface area contributed by atoms with Gasteiger partial charge >= 0.3 is 0 Å². The Morgan fingerprint density at radius 3 is 2.33 bits per heavy atom. The van der Waals surface area contributed by atoms with Gasteiger partial charge in [0.05, 0.1) is 0 Å². The Hall–Kier alpha value is -1.35. The monoisotopic (exact) mass is 290 g/mol. The van der Waals surface area contributed by atoms with E-state index >= 15 is 0 Å². The zero-order chi connectivity index (χ0) is 16.0. The number of nitrogens with zero attached hydrogens (tertiary/aromatic N) is 1. The number of rotatable bonds is 6. The van der Waals surface area contributed by atoms with Crippen LogP contribution in [0.2, 0.25) is 0 Å². The summed E-state index contributed by atoms with van der Waals surface area (Å²) in [5, 5.41) is 2.92. The quantitative estimate of drug-likeness (QED) is 0.852. The predicted octanol–water partition coefficient (Wildman–Crippen LogP) is 4.17. The van der Waals surface area contributed by atoms with Gasteiger partial charge in [-0.1, -0.05) is 40.7 Å². The molecule has 118 valence electrons. The molecule has 1 aromatic carbocycles. The second-order valence-electron chi connectivity index (χ2n) is 6.72. The zero-order valence-electron chi connectivity index (χ0n) is 14.4. The number of hydrogen-bond donors (Lipinski definition) is 1. The molecule has 0 aliphatic heterocycles. The van der Waals surface area contributed by atoms with E-state index in [2.05, 4.69) is 63.0 Å². The third-order valence-electron chi connectivity index (χ3n) is 3.57. The Morgan fingerprint density at radius 1 is 1.19 bits per heavy atom. The molecule has 1 N–H and O–H groups in total. The van der Waals surface area contributed by atoms with Crippen molar-refractivity contribution in [3.63, 3.8) is 0 Å². The number of amides is 1. The highest BCUT2D eigenvalue weighted by Gasteiger charge is 2.16. The van der Waals surface area contributed by atoms with Crippen LogP contribution in [-0.2, 0) is 16.8 Å². The van der Waals surface area contributed by atoms with Crippen molar-refractivity contribution >= 4 is 11.6 Å². The number of nitrogens with one attached hydrogen (secondary N) is 1. The minimum absolute atomic E-state index is 0.0204. The van der Waals surface area contributed by atoms with E-state index in [0.29, 0.717) is 0 Å². The van der Waals surface area contributed by atoms with Gasteiger partial charge in [-0.15, -0.1) is 0 Å². The van der Waals surface area contributed by atoms with Gasteiger partial charge in [-0.25, -0.2) is 0 Å². The Bertz CT molecular complexity index is 475. The molecule has 0 fully saturated rings. The van der Waals surface area contributed by atoms with Crippen LogP contribution in [0.15, 0.2) is 18.2 Å². The topological polar surface area (TPSA) is 32.3 Å². The first-order valence-corrected chi connectivity index (χ1v) is 7.90. The van der Waals surface area contributed by atoms with Crippen molar-refractivity contribution in [2.45, 2.75) is 59.9 Å². The Balaban J connectivity index is 3.09. The zero-order valence-corrected chi connectivity index (χ0v) is 14.4. The van der Waals surface area contributed by atoms with E-state index in [1.54, 1.807) is 6.92 Å². The second-order valence-corrected chi connectivity index (χ2v) is 6.72. The molecule has 3 nitrogen and oxygen atoms in total. The van der Waals surface area contributed by atoms with Gasteiger partial charge in [0.15, 0.2) is 0 Å². The van der Waals surface area contributed by atoms with Crippen molar-refractivity contribution in [3.8, 4) is 0 Å². The molecular weight excluding hydrogens is 260 g/mol. The van der Waals surface area contributed by atoms with Crippen molar-refractivity contribution in [1.29, 1.82) is 0 Å². The summed E-state index contributed by atoms with van der Waals surface area (Å²) in [5.74, 6) is -0.0204. The second kappa shape index (κ2) is 7.60. The number of benzene rings is 1. The number of carbonyl (C=O) groups is 1. The van der Waals surface area contributed by atoms with Crippen molar-refractivity contribution in [2.24, 2.45) is 0 Å². The van der Waals surface area contributed by atoms with E-state index in [9.17, 15) is 4.79 Å². The van der Waals surface area contributed by atoms with Gasteiger partial charge in [0, 0.05) is 19.2 Å². The number of anilines is 1. The van der Waals surface area contributed by atoms with Crippen LogP contribution >= 0.6 is 0 Å². The van der Waals surface area contributed by atoms with Crippen LogP contribution in [0.1, 0.15) is 59.1 Å². The van der Waals surface area contributed by atoms with Gasteiger partial charge in [-0.2, -0.15) is 0 Å². The van der Waals surface area contributed by atoms with E-state index in [4.69, 9.17) is 0 Å². The van der Waals surface area contributed by atoms with Crippen LogP contribution in [0, 0.1) is 0 Å². The molecule has 0 saturated carbocycles. The molecule has 0 aliphatic carbocycles. The predicted molar refractivity (Wildman–Crippen MR) is 90.7 cm³/mol. The van der Waals surface area contributed by atoms with Gasteiger partial charge in [0.1, 0.15) is 0 Å². The molecular formula is C18H30N2O. The van der Waals surface area contributed by atoms with Gasteiger partial charge in [-0.05, 0) is 48.2 Å². The van der Waals surface area contributed by atoms with E-state index in [1.165, 1.54) is 11.1 Å². The molecule has 1 aromatic rings. The molecule has 0 radical (unpaired) electrons. The van der Waals surface area contributed by atoms with Crippen LogP contribution in [0.25, 0.3) is 0 Å². The fourth-order valence-corrected chi connectivity index (χ4v) is 2.42. The largest absolute Gasteiger partial charge is 0.326 e. The Kier molecular flexibility index (Phi) is 6.41. The maximum Gasteiger partial charge on any atom is 0.221 e. The highest BCUT2D eigenvalue weighted by Crippen LogP contribution is 2.27. The normalized spacial score (nSPS) is 11.8. The van der Waals surface area contributed by atoms with E-state index in [0.717, 1.165) is 31.7 Å². The molecule has 0 atom stereocenters. The molecule has 3 heteroatoms. The Labute approximate surface area is 129 Å². The molecule has 0 heterocycles. The average Bonchev–Trinajstić information content (AvgIpc) is 2.36. The van der Waals surface area contributed by atoms with Gasteiger partial charge in [0.25, 0.3) is 0 Å². The van der Waals surface area contributed by atoms with E-state index in [1.807, 2.05) is 0 Å². The third-order valence-corrected chi connectivity index (χ3v) is 3.57. The fourth-order valence-electron chi connectivity index (χ4n) is 2.42. The Morgan fingerprint density at radius 2 is 1.86 bits per heavy atom. The van der Waals surface area contributed by atoms with E-state index in [-0.39, 0.29) is 11.3 Å². The van der Waals surface area contributed by atoms with Crippen molar-refractivity contribution in [1.82, 2.24) is 4.90 Å². The lowest BCUT2D eigenvalue weighted by atomic mass is 9.85. The summed E-state index contributed by atoms with van der Waals surface area (Å²) >= 11 is 0. The van der Waals surface area contributed by atoms with Crippen LogP contribution in [0.4, 0.5) is 5.69 Å². The minimum atomic E-state index is -0.0204. The summed E-state index contributed by atoms with van der Waals surface area (Å²) in [4.78, 5) is 13.8. The van der Waals surface area contributed by atoms with Crippen LogP contribution in [-0.4, -0.2) is 23.9 Å².